The van der Waals surface area contributed by atoms with Crippen LogP contribution in [0.25, 0.3) is 0 Å². The Hall–Kier alpha value is -2.76. The van der Waals surface area contributed by atoms with Crippen LogP contribution in [0.4, 0.5) is 0 Å². The number of hydrogen-bond acceptors (Lipinski definition) is 3. The van der Waals surface area contributed by atoms with E-state index in [1.54, 1.807) is 6.26 Å². The van der Waals surface area contributed by atoms with E-state index in [4.69, 9.17) is 9.41 Å². The highest BCUT2D eigenvalue weighted by atomic mass is 16.3. The maximum atomic E-state index is 12.5. The lowest BCUT2D eigenvalue weighted by atomic mass is 9.94. The van der Waals surface area contributed by atoms with Gasteiger partial charge in [0.15, 0.2) is 5.96 Å². The van der Waals surface area contributed by atoms with Crippen LogP contribution in [0.3, 0.4) is 0 Å². The summed E-state index contributed by atoms with van der Waals surface area (Å²) >= 11 is 0. The zero-order chi connectivity index (χ0) is 21.5. The maximum Gasteiger partial charge on any atom is 0.223 e. The number of benzene rings is 1. The second-order valence-electron chi connectivity index (χ2n) is 8.75. The topological polar surface area (TPSA) is 69.9 Å². The van der Waals surface area contributed by atoms with Gasteiger partial charge in [-0.05, 0) is 30.5 Å². The predicted octanol–water partition coefficient (Wildman–Crippen LogP) is 3.91. The highest BCUT2D eigenvalue weighted by Crippen LogP contribution is 2.37. The lowest BCUT2D eigenvalue weighted by Gasteiger charge is -2.26. The average molecular weight is 423 g/mol. The highest BCUT2D eigenvalue weighted by Gasteiger charge is 2.38. The van der Waals surface area contributed by atoms with Crippen LogP contribution < -0.4 is 10.6 Å². The molecule has 6 nitrogen and oxygen atoms in total. The van der Waals surface area contributed by atoms with Crippen molar-refractivity contribution in [2.45, 2.75) is 57.0 Å². The van der Waals surface area contributed by atoms with E-state index in [1.807, 2.05) is 42.3 Å². The first kappa shape index (κ1) is 21.5. The second-order valence-corrected chi connectivity index (χ2v) is 8.75. The summed E-state index contributed by atoms with van der Waals surface area (Å²) in [5.41, 5.74) is 1.18. The molecule has 2 aliphatic rings. The van der Waals surface area contributed by atoms with Crippen LogP contribution in [-0.4, -0.2) is 42.9 Å². The van der Waals surface area contributed by atoms with Crippen LogP contribution in [0.2, 0.25) is 0 Å². The number of guanidine groups is 1. The first-order valence-corrected chi connectivity index (χ1v) is 11.6. The molecule has 1 aliphatic heterocycles. The molecule has 2 unspecified atom stereocenters. The Labute approximate surface area is 185 Å². The van der Waals surface area contributed by atoms with Gasteiger partial charge in [0.25, 0.3) is 0 Å². The summed E-state index contributed by atoms with van der Waals surface area (Å²) in [6, 6.07) is 14.8. The van der Waals surface area contributed by atoms with Crippen molar-refractivity contribution >= 4 is 11.9 Å². The monoisotopic (exact) mass is 422 g/mol. The molecule has 0 spiro atoms. The molecule has 166 valence electrons. The molecule has 0 radical (unpaired) electrons. The highest BCUT2D eigenvalue weighted by molar-refractivity contribution is 5.81. The smallest absolute Gasteiger partial charge is 0.223 e. The van der Waals surface area contributed by atoms with Crippen molar-refractivity contribution in [3.8, 4) is 0 Å². The number of furan rings is 1. The summed E-state index contributed by atoms with van der Waals surface area (Å²) in [6.45, 7) is 1.39. The summed E-state index contributed by atoms with van der Waals surface area (Å²) < 4.78 is 5.45. The zero-order valence-electron chi connectivity index (χ0n) is 18.4. The largest absolute Gasteiger partial charge is 0.469 e. The van der Waals surface area contributed by atoms with Crippen molar-refractivity contribution in [3.05, 3.63) is 60.1 Å². The van der Waals surface area contributed by atoms with Gasteiger partial charge in [0, 0.05) is 44.9 Å². The van der Waals surface area contributed by atoms with Gasteiger partial charge in [-0.3, -0.25) is 9.79 Å². The van der Waals surface area contributed by atoms with Gasteiger partial charge in [-0.25, -0.2) is 0 Å². The molecule has 1 amide bonds. The quantitative estimate of drug-likeness (QED) is 0.524. The third-order valence-corrected chi connectivity index (χ3v) is 6.51. The van der Waals surface area contributed by atoms with E-state index in [9.17, 15) is 4.79 Å². The van der Waals surface area contributed by atoms with Gasteiger partial charge < -0.3 is 20.0 Å². The van der Waals surface area contributed by atoms with E-state index < -0.39 is 0 Å². The third kappa shape index (κ3) is 5.69. The summed E-state index contributed by atoms with van der Waals surface area (Å²) in [7, 11) is 1.91. The average Bonchev–Trinajstić information content (AvgIpc) is 3.41. The van der Waals surface area contributed by atoms with Crippen LogP contribution >= 0.6 is 0 Å². The molecule has 0 bridgehead atoms. The van der Waals surface area contributed by atoms with Crippen molar-refractivity contribution in [1.82, 2.24) is 15.5 Å². The number of nitrogens with zero attached hydrogens (tertiary/aromatic N) is 2. The van der Waals surface area contributed by atoms with E-state index in [0.717, 1.165) is 24.7 Å². The van der Waals surface area contributed by atoms with Gasteiger partial charge in [0.05, 0.1) is 12.3 Å². The van der Waals surface area contributed by atoms with Crippen LogP contribution in [0.15, 0.2) is 58.1 Å². The Morgan fingerprint density at radius 2 is 1.94 bits per heavy atom. The minimum Gasteiger partial charge on any atom is -0.469 e. The van der Waals surface area contributed by atoms with Crippen molar-refractivity contribution in [3.63, 3.8) is 0 Å². The number of hydrogen-bond donors (Lipinski definition) is 2. The SMILES string of the molecule is CN1C(=O)CC(CN=C(NCCc2ccco2)NC2CCCCC2)C1c1ccccc1. The fraction of sp³-hybridized carbons (Fsp3) is 0.520. The van der Waals surface area contributed by atoms with Gasteiger partial charge in [-0.15, -0.1) is 0 Å². The lowest BCUT2D eigenvalue weighted by molar-refractivity contribution is -0.127. The Morgan fingerprint density at radius 3 is 2.68 bits per heavy atom. The standard InChI is InChI=1S/C25H34N4O2/c1-29-23(30)17-20(24(29)19-9-4-2-5-10-19)18-27-25(28-21-11-6-3-7-12-21)26-15-14-22-13-8-16-31-22/h2,4-5,8-10,13,16,20-21,24H,3,6-7,11-12,14-15,17-18H2,1H3,(H2,26,27,28). The molecule has 4 rings (SSSR count). The molecule has 2 fully saturated rings. The molecule has 1 saturated heterocycles. The minimum atomic E-state index is 0.0801. The number of amides is 1. The van der Waals surface area contributed by atoms with Crippen LogP contribution in [0.1, 0.15) is 55.9 Å². The minimum absolute atomic E-state index is 0.0801. The number of likely N-dealkylation sites (tertiary alicyclic amines) is 1. The molecule has 2 heterocycles. The summed E-state index contributed by atoms with van der Waals surface area (Å²) in [5, 5.41) is 7.13. The normalized spacial score (nSPS) is 22.7. The number of nitrogens with one attached hydrogen (secondary N) is 2. The van der Waals surface area contributed by atoms with E-state index in [-0.39, 0.29) is 17.9 Å². The molecular formula is C25H34N4O2. The zero-order valence-corrected chi connectivity index (χ0v) is 18.4. The van der Waals surface area contributed by atoms with Gasteiger partial charge in [0.1, 0.15) is 5.76 Å². The number of rotatable bonds is 7. The summed E-state index contributed by atoms with van der Waals surface area (Å²) in [5.74, 6) is 2.19. The second kappa shape index (κ2) is 10.5. The predicted molar refractivity (Wildman–Crippen MR) is 123 cm³/mol. The van der Waals surface area contributed by atoms with Gasteiger partial charge in [0.2, 0.25) is 5.91 Å². The number of carbonyl (C=O) groups is 1. The summed E-state index contributed by atoms with van der Waals surface area (Å²) in [6.07, 6.45) is 9.32. The molecular weight excluding hydrogens is 388 g/mol. The van der Waals surface area contributed by atoms with E-state index in [0.29, 0.717) is 19.0 Å². The Kier molecular flexibility index (Phi) is 7.28. The molecule has 1 saturated carbocycles. The van der Waals surface area contributed by atoms with Crippen LogP contribution in [0.5, 0.6) is 0 Å². The molecule has 1 aliphatic carbocycles. The maximum absolute atomic E-state index is 12.5. The molecule has 1 aromatic heterocycles. The van der Waals surface area contributed by atoms with Gasteiger partial charge in [-0.1, -0.05) is 49.6 Å². The lowest BCUT2D eigenvalue weighted by Crippen LogP contribution is -2.45. The van der Waals surface area contributed by atoms with Gasteiger partial charge in [-0.2, -0.15) is 0 Å². The van der Waals surface area contributed by atoms with Crippen LogP contribution in [-0.2, 0) is 11.2 Å². The fourth-order valence-electron chi connectivity index (χ4n) is 4.82. The number of aliphatic imine (C=N–C) groups is 1. The van der Waals surface area contributed by atoms with Crippen LogP contribution in [0, 0.1) is 5.92 Å². The fourth-order valence-corrected chi connectivity index (χ4v) is 4.82. The van der Waals surface area contributed by atoms with Gasteiger partial charge >= 0.3 is 0 Å². The van der Waals surface area contributed by atoms with E-state index >= 15 is 0 Å². The molecule has 2 atom stereocenters. The Bertz CT molecular complexity index is 844. The molecule has 2 aromatic rings. The van der Waals surface area contributed by atoms with Crippen molar-refractivity contribution < 1.29 is 9.21 Å². The first-order chi connectivity index (χ1) is 15.2. The van der Waals surface area contributed by atoms with Crippen molar-refractivity contribution in [2.75, 3.05) is 20.1 Å². The Morgan fingerprint density at radius 1 is 1.13 bits per heavy atom. The molecule has 2 N–H and O–H groups in total. The van der Waals surface area contributed by atoms with E-state index in [1.165, 1.54) is 37.7 Å². The first-order valence-electron chi connectivity index (χ1n) is 11.6. The Balaban J connectivity index is 1.43. The molecule has 1 aromatic carbocycles. The molecule has 31 heavy (non-hydrogen) atoms. The summed E-state index contributed by atoms with van der Waals surface area (Å²) in [4.78, 5) is 19.3. The van der Waals surface area contributed by atoms with Crippen molar-refractivity contribution in [1.29, 1.82) is 0 Å². The number of carbonyl (C=O) groups excluding carboxylic acids is 1. The van der Waals surface area contributed by atoms with E-state index in [2.05, 4.69) is 22.8 Å². The third-order valence-electron chi connectivity index (χ3n) is 6.51. The molecule has 6 heteroatoms. The van der Waals surface area contributed by atoms with Crippen molar-refractivity contribution in [2.24, 2.45) is 10.9 Å².